The van der Waals surface area contributed by atoms with Gasteiger partial charge in [0.25, 0.3) is 5.92 Å². The van der Waals surface area contributed by atoms with Crippen molar-refractivity contribution in [2.24, 2.45) is 0 Å². The van der Waals surface area contributed by atoms with Crippen LogP contribution in [0.5, 0.6) is 0 Å². The summed E-state index contributed by atoms with van der Waals surface area (Å²) in [5.74, 6) is -2.88. The minimum atomic E-state index is -2.88. The number of aldehydes is 1. The second kappa shape index (κ2) is 3.86. The lowest BCUT2D eigenvalue weighted by Gasteiger charge is -2.15. The summed E-state index contributed by atoms with van der Waals surface area (Å²) in [6, 6.07) is 4.74. The summed E-state index contributed by atoms with van der Waals surface area (Å²) in [5.41, 5.74) is 1.12. The molecule has 0 spiro atoms. The summed E-state index contributed by atoms with van der Waals surface area (Å²) in [5, 5.41) is 0. The lowest BCUT2D eigenvalue weighted by Crippen LogP contribution is -2.11. The standard InChI is InChI=1S/C11H12F2O/c1-8-3-4-9(5-6-14)10(7-8)11(2,12)13/h3-4,6-7H,5H2,1-2H3. The first-order valence-electron chi connectivity index (χ1n) is 4.36. The van der Waals surface area contributed by atoms with E-state index in [-0.39, 0.29) is 12.0 Å². The molecule has 0 N–H and O–H groups in total. The Morgan fingerprint density at radius 2 is 2.07 bits per heavy atom. The molecule has 0 aliphatic rings. The zero-order valence-corrected chi connectivity index (χ0v) is 8.18. The summed E-state index contributed by atoms with van der Waals surface area (Å²) >= 11 is 0. The van der Waals surface area contributed by atoms with E-state index in [1.165, 1.54) is 6.07 Å². The van der Waals surface area contributed by atoms with Crippen LogP contribution in [0.2, 0.25) is 0 Å². The molecule has 0 saturated heterocycles. The number of aryl methyl sites for hydroxylation is 1. The van der Waals surface area contributed by atoms with Gasteiger partial charge < -0.3 is 4.79 Å². The quantitative estimate of drug-likeness (QED) is 0.682. The Balaban J connectivity index is 3.22. The molecule has 76 valence electrons. The Hall–Kier alpha value is -1.25. The van der Waals surface area contributed by atoms with Crippen LogP contribution >= 0.6 is 0 Å². The molecular formula is C11H12F2O. The van der Waals surface area contributed by atoms with E-state index in [1.54, 1.807) is 19.1 Å². The number of benzene rings is 1. The second-order valence-corrected chi connectivity index (χ2v) is 3.42. The van der Waals surface area contributed by atoms with E-state index in [0.29, 0.717) is 11.8 Å². The number of carbonyl (C=O) groups excluding carboxylic acids is 1. The van der Waals surface area contributed by atoms with Crippen LogP contribution in [0, 0.1) is 6.92 Å². The smallest absolute Gasteiger partial charge is 0.270 e. The molecule has 0 aliphatic carbocycles. The van der Waals surface area contributed by atoms with Crippen molar-refractivity contribution < 1.29 is 13.6 Å². The molecule has 0 radical (unpaired) electrons. The highest BCUT2D eigenvalue weighted by Gasteiger charge is 2.27. The highest BCUT2D eigenvalue weighted by molar-refractivity contribution is 5.57. The van der Waals surface area contributed by atoms with Gasteiger partial charge in [-0.3, -0.25) is 0 Å². The van der Waals surface area contributed by atoms with Gasteiger partial charge in [-0.1, -0.05) is 17.7 Å². The summed E-state index contributed by atoms with van der Waals surface area (Å²) in [7, 11) is 0. The third-order valence-corrected chi connectivity index (χ3v) is 2.04. The van der Waals surface area contributed by atoms with Crippen LogP contribution in [0.4, 0.5) is 8.78 Å². The van der Waals surface area contributed by atoms with E-state index in [2.05, 4.69) is 0 Å². The van der Waals surface area contributed by atoms with Gasteiger partial charge in [0.1, 0.15) is 6.29 Å². The molecule has 1 aromatic carbocycles. The van der Waals surface area contributed by atoms with Crippen LogP contribution in [-0.2, 0) is 17.1 Å². The second-order valence-electron chi connectivity index (χ2n) is 3.42. The van der Waals surface area contributed by atoms with Gasteiger partial charge in [0, 0.05) is 18.9 Å². The van der Waals surface area contributed by atoms with E-state index in [1.807, 2.05) is 0 Å². The molecule has 0 heterocycles. The third-order valence-electron chi connectivity index (χ3n) is 2.04. The van der Waals surface area contributed by atoms with Gasteiger partial charge in [0.15, 0.2) is 0 Å². The fourth-order valence-corrected chi connectivity index (χ4v) is 1.37. The first-order chi connectivity index (χ1) is 6.45. The monoisotopic (exact) mass is 198 g/mol. The van der Waals surface area contributed by atoms with Crippen LogP contribution in [0.15, 0.2) is 18.2 Å². The first-order valence-corrected chi connectivity index (χ1v) is 4.36. The topological polar surface area (TPSA) is 17.1 Å². The van der Waals surface area contributed by atoms with E-state index in [0.717, 1.165) is 12.5 Å². The van der Waals surface area contributed by atoms with Crippen molar-refractivity contribution in [2.75, 3.05) is 0 Å². The Labute approximate surface area is 81.7 Å². The summed E-state index contributed by atoms with van der Waals surface area (Å²) < 4.78 is 26.2. The van der Waals surface area contributed by atoms with Crippen molar-refractivity contribution >= 4 is 6.29 Å². The normalized spacial score (nSPS) is 11.4. The molecule has 0 atom stereocenters. The average Bonchev–Trinajstić information content (AvgIpc) is 2.07. The van der Waals surface area contributed by atoms with Crippen molar-refractivity contribution in [2.45, 2.75) is 26.2 Å². The molecule has 3 heteroatoms. The predicted molar refractivity (Wildman–Crippen MR) is 50.5 cm³/mol. The van der Waals surface area contributed by atoms with Crippen molar-refractivity contribution in [3.8, 4) is 0 Å². The summed E-state index contributed by atoms with van der Waals surface area (Å²) in [6.07, 6.45) is 0.680. The number of rotatable bonds is 3. The van der Waals surface area contributed by atoms with Gasteiger partial charge in [-0.2, -0.15) is 0 Å². The molecule has 0 bridgehead atoms. The molecule has 1 rings (SSSR count). The third kappa shape index (κ3) is 2.37. The lowest BCUT2D eigenvalue weighted by atomic mass is 9.98. The van der Waals surface area contributed by atoms with Gasteiger partial charge in [-0.25, -0.2) is 8.78 Å². The zero-order valence-electron chi connectivity index (χ0n) is 8.18. The van der Waals surface area contributed by atoms with Gasteiger partial charge in [-0.15, -0.1) is 0 Å². The number of hydrogen-bond acceptors (Lipinski definition) is 1. The van der Waals surface area contributed by atoms with Crippen LogP contribution in [0.25, 0.3) is 0 Å². The van der Waals surface area contributed by atoms with Crippen molar-refractivity contribution in [3.05, 3.63) is 34.9 Å². The van der Waals surface area contributed by atoms with Gasteiger partial charge in [0.2, 0.25) is 0 Å². The van der Waals surface area contributed by atoms with Gasteiger partial charge in [-0.05, 0) is 18.6 Å². The molecule has 1 aromatic rings. The highest BCUT2D eigenvalue weighted by Crippen LogP contribution is 2.30. The molecule has 0 saturated carbocycles. The molecule has 0 amide bonds. The first kappa shape index (κ1) is 10.8. The highest BCUT2D eigenvalue weighted by atomic mass is 19.3. The Morgan fingerprint density at radius 1 is 1.43 bits per heavy atom. The van der Waals surface area contributed by atoms with Crippen LogP contribution in [0.3, 0.4) is 0 Å². The molecule has 1 nitrogen and oxygen atoms in total. The zero-order chi connectivity index (χ0) is 10.8. The molecule has 0 aromatic heterocycles. The Morgan fingerprint density at radius 3 is 2.57 bits per heavy atom. The molecule has 14 heavy (non-hydrogen) atoms. The van der Waals surface area contributed by atoms with E-state index < -0.39 is 5.92 Å². The fourth-order valence-electron chi connectivity index (χ4n) is 1.37. The molecular weight excluding hydrogens is 186 g/mol. The fraction of sp³-hybridized carbons (Fsp3) is 0.364. The minimum Gasteiger partial charge on any atom is -0.303 e. The SMILES string of the molecule is Cc1ccc(CC=O)c(C(C)(F)F)c1. The van der Waals surface area contributed by atoms with Crippen LogP contribution in [0.1, 0.15) is 23.6 Å². The maximum atomic E-state index is 13.1. The molecule has 0 fully saturated rings. The Kier molecular flexibility index (Phi) is 2.99. The molecule has 0 aliphatic heterocycles. The maximum Gasteiger partial charge on any atom is 0.270 e. The number of carbonyl (C=O) groups is 1. The van der Waals surface area contributed by atoms with E-state index in [4.69, 9.17) is 0 Å². The Bertz CT molecular complexity index is 340. The number of halogens is 2. The number of alkyl halides is 2. The summed E-state index contributed by atoms with van der Waals surface area (Å²) in [6.45, 7) is 2.59. The van der Waals surface area contributed by atoms with Crippen molar-refractivity contribution in [1.29, 1.82) is 0 Å². The average molecular weight is 198 g/mol. The predicted octanol–water partition coefficient (Wildman–Crippen LogP) is 2.85. The van der Waals surface area contributed by atoms with Gasteiger partial charge in [0.05, 0.1) is 0 Å². The summed E-state index contributed by atoms with van der Waals surface area (Å²) in [4.78, 5) is 10.3. The van der Waals surface area contributed by atoms with Gasteiger partial charge >= 0.3 is 0 Å². The van der Waals surface area contributed by atoms with Crippen LogP contribution < -0.4 is 0 Å². The van der Waals surface area contributed by atoms with Crippen molar-refractivity contribution in [1.82, 2.24) is 0 Å². The minimum absolute atomic E-state index is 0.0407. The van der Waals surface area contributed by atoms with E-state index >= 15 is 0 Å². The maximum absolute atomic E-state index is 13.1. The van der Waals surface area contributed by atoms with E-state index in [9.17, 15) is 13.6 Å². The van der Waals surface area contributed by atoms with Crippen molar-refractivity contribution in [3.63, 3.8) is 0 Å². The lowest BCUT2D eigenvalue weighted by molar-refractivity contribution is -0.107. The number of hydrogen-bond donors (Lipinski definition) is 0. The van der Waals surface area contributed by atoms with Crippen LogP contribution in [-0.4, -0.2) is 6.29 Å². The molecule has 0 unspecified atom stereocenters. The largest absolute Gasteiger partial charge is 0.303 e.